The molecular weight excluding hydrogens is 166 g/mol. The van der Waals surface area contributed by atoms with Gasteiger partial charge in [-0.1, -0.05) is 30.3 Å². The Kier molecular flexibility index (Phi) is 3.99. The second kappa shape index (κ2) is 5.32. The molecule has 2 N–H and O–H groups in total. The van der Waals surface area contributed by atoms with Crippen LogP contribution >= 0.6 is 0 Å². The maximum absolute atomic E-state index is 11.1. The van der Waals surface area contributed by atoms with Gasteiger partial charge in [0.15, 0.2) is 0 Å². The molecule has 0 bridgehead atoms. The first-order chi connectivity index (χ1) is 6.33. The zero-order chi connectivity index (χ0) is 9.52. The van der Waals surface area contributed by atoms with Crippen molar-refractivity contribution in [1.29, 1.82) is 0 Å². The summed E-state index contributed by atoms with van der Waals surface area (Å²) in [7, 11) is 0. The standard InChI is InChI=1S/C10H12NO2/c12-7-6-11-10(13)8-9-4-2-1-3-5-9/h1-6,12H,7-8H2,(H,11,13). The van der Waals surface area contributed by atoms with E-state index in [0.29, 0.717) is 6.42 Å². The topological polar surface area (TPSA) is 49.3 Å². The quantitative estimate of drug-likeness (QED) is 0.705. The first-order valence-corrected chi connectivity index (χ1v) is 4.09. The molecule has 1 aromatic rings. The van der Waals surface area contributed by atoms with Gasteiger partial charge in [-0.2, -0.15) is 0 Å². The number of hydrogen-bond acceptors (Lipinski definition) is 2. The molecule has 13 heavy (non-hydrogen) atoms. The third-order valence-corrected chi connectivity index (χ3v) is 1.56. The molecule has 0 aliphatic heterocycles. The van der Waals surface area contributed by atoms with Gasteiger partial charge in [0.25, 0.3) is 0 Å². The monoisotopic (exact) mass is 178 g/mol. The SMILES string of the molecule is O=C(Cc1ccccc1)N[CH]CO. The number of carbonyl (C=O) groups excluding carboxylic acids is 1. The van der Waals surface area contributed by atoms with Crippen molar-refractivity contribution in [1.82, 2.24) is 5.32 Å². The molecule has 0 atom stereocenters. The van der Waals surface area contributed by atoms with Crippen molar-refractivity contribution in [2.24, 2.45) is 0 Å². The molecule has 0 aliphatic rings. The summed E-state index contributed by atoms with van der Waals surface area (Å²) >= 11 is 0. The van der Waals surface area contributed by atoms with Crippen LogP contribution in [0.1, 0.15) is 5.56 Å². The zero-order valence-corrected chi connectivity index (χ0v) is 7.23. The van der Waals surface area contributed by atoms with Gasteiger partial charge in [-0.05, 0) is 5.56 Å². The average molecular weight is 178 g/mol. The Hall–Kier alpha value is -1.35. The minimum atomic E-state index is -0.138. The predicted octanol–water partition coefficient (Wildman–Crippen LogP) is 0.499. The molecule has 1 radical (unpaired) electrons. The molecule has 0 saturated heterocycles. The Balaban J connectivity index is 2.37. The molecule has 1 amide bonds. The van der Waals surface area contributed by atoms with E-state index in [0.717, 1.165) is 5.56 Å². The Labute approximate surface area is 77.4 Å². The lowest BCUT2D eigenvalue weighted by atomic mass is 10.1. The van der Waals surface area contributed by atoms with Crippen LogP contribution in [0.3, 0.4) is 0 Å². The van der Waals surface area contributed by atoms with E-state index in [1.165, 1.54) is 6.54 Å². The van der Waals surface area contributed by atoms with E-state index in [1.54, 1.807) is 0 Å². The van der Waals surface area contributed by atoms with Crippen molar-refractivity contribution in [3.05, 3.63) is 42.4 Å². The van der Waals surface area contributed by atoms with Gasteiger partial charge in [0.1, 0.15) is 0 Å². The highest BCUT2D eigenvalue weighted by Gasteiger charge is 2.00. The van der Waals surface area contributed by atoms with E-state index in [2.05, 4.69) is 5.32 Å². The van der Waals surface area contributed by atoms with Crippen LogP contribution in [0.25, 0.3) is 0 Å². The first kappa shape index (κ1) is 9.74. The number of benzene rings is 1. The fraction of sp³-hybridized carbons (Fsp3) is 0.200. The summed E-state index contributed by atoms with van der Waals surface area (Å²) in [4.78, 5) is 11.1. The highest BCUT2D eigenvalue weighted by molar-refractivity contribution is 5.79. The van der Waals surface area contributed by atoms with Crippen LogP contribution in [-0.2, 0) is 11.2 Å². The molecule has 0 fully saturated rings. The summed E-state index contributed by atoms with van der Waals surface area (Å²) in [5.74, 6) is -0.111. The van der Waals surface area contributed by atoms with Crippen LogP contribution in [0, 0.1) is 6.54 Å². The van der Waals surface area contributed by atoms with Crippen molar-refractivity contribution in [3.63, 3.8) is 0 Å². The number of amides is 1. The van der Waals surface area contributed by atoms with Gasteiger partial charge in [0.05, 0.1) is 19.6 Å². The molecule has 0 spiro atoms. The van der Waals surface area contributed by atoms with Crippen LogP contribution in [0.5, 0.6) is 0 Å². The Morgan fingerprint density at radius 2 is 2.08 bits per heavy atom. The van der Waals surface area contributed by atoms with E-state index < -0.39 is 0 Å². The summed E-state index contributed by atoms with van der Waals surface area (Å²) < 4.78 is 0. The zero-order valence-electron chi connectivity index (χ0n) is 7.23. The van der Waals surface area contributed by atoms with E-state index in [9.17, 15) is 4.79 Å². The molecule has 0 heterocycles. The minimum Gasteiger partial charge on any atom is -0.394 e. The number of aliphatic hydroxyl groups is 1. The molecule has 3 nitrogen and oxygen atoms in total. The highest BCUT2D eigenvalue weighted by atomic mass is 16.3. The Morgan fingerprint density at radius 3 is 2.69 bits per heavy atom. The van der Waals surface area contributed by atoms with Crippen molar-refractivity contribution in [3.8, 4) is 0 Å². The molecule has 69 valence electrons. The third kappa shape index (κ3) is 3.71. The van der Waals surface area contributed by atoms with Gasteiger partial charge >= 0.3 is 0 Å². The van der Waals surface area contributed by atoms with Crippen LogP contribution < -0.4 is 5.32 Å². The van der Waals surface area contributed by atoms with Gasteiger partial charge in [-0.3, -0.25) is 4.79 Å². The van der Waals surface area contributed by atoms with Crippen molar-refractivity contribution in [2.75, 3.05) is 6.61 Å². The molecular formula is C10H12NO2. The number of nitrogens with one attached hydrogen (secondary N) is 1. The van der Waals surface area contributed by atoms with Gasteiger partial charge < -0.3 is 10.4 Å². The smallest absolute Gasteiger partial charge is 0.224 e. The molecule has 1 rings (SSSR count). The lowest BCUT2D eigenvalue weighted by molar-refractivity contribution is -0.120. The maximum Gasteiger partial charge on any atom is 0.224 e. The number of aliphatic hydroxyl groups excluding tert-OH is 1. The third-order valence-electron chi connectivity index (χ3n) is 1.56. The van der Waals surface area contributed by atoms with Crippen molar-refractivity contribution in [2.45, 2.75) is 6.42 Å². The van der Waals surface area contributed by atoms with Crippen LogP contribution in [0.4, 0.5) is 0 Å². The van der Waals surface area contributed by atoms with Crippen LogP contribution in [0.15, 0.2) is 30.3 Å². The molecule has 3 heteroatoms. The molecule has 0 aromatic heterocycles. The number of carbonyl (C=O) groups is 1. The number of hydrogen-bond donors (Lipinski definition) is 2. The summed E-state index contributed by atoms with van der Waals surface area (Å²) in [5.41, 5.74) is 0.964. The average Bonchev–Trinajstić information content (AvgIpc) is 2.16. The second-order valence-electron chi connectivity index (χ2n) is 2.62. The maximum atomic E-state index is 11.1. The predicted molar refractivity (Wildman–Crippen MR) is 49.7 cm³/mol. The fourth-order valence-corrected chi connectivity index (χ4v) is 0.992. The molecule has 0 aliphatic carbocycles. The van der Waals surface area contributed by atoms with E-state index >= 15 is 0 Å². The van der Waals surface area contributed by atoms with Crippen LogP contribution in [-0.4, -0.2) is 17.6 Å². The lowest BCUT2D eigenvalue weighted by Gasteiger charge is -2.01. The van der Waals surface area contributed by atoms with Crippen LogP contribution in [0.2, 0.25) is 0 Å². The van der Waals surface area contributed by atoms with Crippen molar-refractivity contribution < 1.29 is 9.90 Å². The van der Waals surface area contributed by atoms with Crippen molar-refractivity contribution >= 4 is 5.91 Å². The minimum absolute atomic E-state index is 0.111. The van der Waals surface area contributed by atoms with E-state index in [1.807, 2.05) is 30.3 Å². The normalized spacial score (nSPS) is 9.62. The van der Waals surface area contributed by atoms with E-state index in [-0.39, 0.29) is 12.5 Å². The summed E-state index contributed by atoms with van der Waals surface area (Å²) in [6, 6.07) is 9.45. The molecule has 0 unspecified atom stereocenters. The fourth-order valence-electron chi connectivity index (χ4n) is 0.992. The Morgan fingerprint density at radius 1 is 1.38 bits per heavy atom. The summed E-state index contributed by atoms with van der Waals surface area (Å²) in [6.45, 7) is 1.19. The van der Waals surface area contributed by atoms with Gasteiger partial charge in [0, 0.05) is 0 Å². The second-order valence-corrected chi connectivity index (χ2v) is 2.62. The van der Waals surface area contributed by atoms with Gasteiger partial charge in [-0.15, -0.1) is 0 Å². The molecule has 0 saturated carbocycles. The van der Waals surface area contributed by atoms with Gasteiger partial charge in [-0.25, -0.2) is 0 Å². The van der Waals surface area contributed by atoms with E-state index in [4.69, 9.17) is 5.11 Å². The summed E-state index contributed by atoms with van der Waals surface area (Å²) in [5, 5.41) is 10.9. The van der Waals surface area contributed by atoms with Gasteiger partial charge in [0.2, 0.25) is 5.91 Å². The first-order valence-electron chi connectivity index (χ1n) is 4.09. The summed E-state index contributed by atoms with van der Waals surface area (Å²) in [6.07, 6.45) is 0.345. The molecule has 1 aromatic carbocycles. The number of rotatable bonds is 4. The largest absolute Gasteiger partial charge is 0.394 e. The Bertz CT molecular complexity index is 259. The lowest BCUT2D eigenvalue weighted by Crippen LogP contribution is -2.23. The highest BCUT2D eigenvalue weighted by Crippen LogP contribution is 1.98.